The average molecular weight is 406 g/mol. The van der Waals surface area contributed by atoms with Crippen LogP contribution in [0.1, 0.15) is 46.5 Å². The summed E-state index contributed by atoms with van der Waals surface area (Å²) in [6.45, 7) is 9.03. The number of esters is 1. The lowest BCUT2D eigenvalue weighted by atomic mass is 9.38. The fraction of sp³-hybridized carbons (Fsp3) is 0.773. The van der Waals surface area contributed by atoms with Gasteiger partial charge in [0.05, 0.1) is 12.2 Å². The van der Waals surface area contributed by atoms with E-state index >= 15 is 0 Å². The molecule has 4 aliphatic rings. The Hall–Kier alpha value is -1.57. The Labute approximate surface area is 170 Å². The van der Waals surface area contributed by atoms with Crippen molar-refractivity contribution in [1.82, 2.24) is 0 Å². The molecule has 9 atom stereocenters. The van der Waals surface area contributed by atoms with Crippen molar-refractivity contribution < 1.29 is 34.4 Å². The number of ketones is 1. The van der Waals surface area contributed by atoms with Crippen LogP contribution in [-0.2, 0) is 19.1 Å². The van der Waals surface area contributed by atoms with Crippen LogP contribution in [0.5, 0.6) is 0 Å². The highest BCUT2D eigenvalue weighted by Gasteiger charge is 2.80. The van der Waals surface area contributed by atoms with Crippen LogP contribution in [0.15, 0.2) is 12.2 Å². The predicted octanol–water partition coefficient (Wildman–Crippen LogP) is 0.787. The van der Waals surface area contributed by atoms with E-state index in [1.54, 1.807) is 0 Å². The minimum Gasteiger partial charge on any atom is -0.457 e. The summed E-state index contributed by atoms with van der Waals surface area (Å²) in [5, 5.41) is 33.7. The van der Waals surface area contributed by atoms with Gasteiger partial charge in [0, 0.05) is 30.1 Å². The van der Waals surface area contributed by atoms with Gasteiger partial charge in [-0.1, -0.05) is 26.8 Å². The molecular weight excluding hydrogens is 376 g/mol. The topological polar surface area (TPSA) is 121 Å². The molecule has 4 rings (SSSR count). The summed E-state index contributed by atoms with van der Waals surface area (Å²) < 4.78 is 5.50. The molecule has 0 aromatic rings. The highest BCUT2D eigenvalue weighted by Crippen LogP contribution is 2.70. The Morgan fingerprint density at radius 2 is 1.86 bits per heavy atom. The van der Waals surface area contributed by atoms with Gasteiger partial charge in [0.15, 0.2) is 5.78 Å². The molecule has 2 bridgehead atoms. The van der Waals surface area contributed by atoms with Crippen LogP contribution in [0.25, 0.3) is 0 Å². The molecule has 4 fully saturated rings. The number of aliphatic hydroxyl groups excluding tert-OH is 3. The van der Waals surface area contributed by atoms with Gasteiger partial charge < -0.3 is 24.9 Å². The van der Waals surface area contributed by atoms with Gasteiger partial charge in [-0.05, 0) is 30.3 Å². The zero-order valence-electron chi connectivity index (χ0n) is 17.1. The number of carbonyl (C=O) groups is 3. The monoisotopic (exact) mass is 406 g/mol. The molecule has 7 heteroatoms. The van der Waals surface area contributed by atoms with E-state index in [1.807, 2.05) is 13.8 Å². The fourth-order valence-electron chi connectivity index (χ4n) is 7.68. The number of fused-ring (bicyclic) bond motifs is 3. The number of ether oxygens (including phenoxy) is 1. The van der Waals surface area contributed by atoms with Crippen molar-refractivity contribution in [1.29, 1.82) is 0 Å². The van der Waals surface area contributed by atoms with Crippen LogP contribution in [-0.4, -0.2) is 57.8 Å². The number of Topliss-reactive ketones (excluding diaryl/α,β-unsaturated/α-hetero) is 1. The Balaban J connectivity index is 2.00. The Morgan fingerprint density at radius 3 is 2.45 bits per heavy atom. The lowest BCUT2D eigenvalue weighted by Crippen LogP contribution is -2.75. The molecule has 3 N–H and O–H groups in total. The Morgan fingerprint density at radius 1 is 1.21 bits per heavy atom. The number of hydrogen-bond donors (Lipinski definition) is 3. The summed E-state index contributed by atoms with van der Waals surface area (Å²) in [4.78, 5) is 38.3. The number of aldehydes is 1. The second-order valence-corrected chi connectivity index (χ2v) is 10.2. The lowest BCUT2D eigenvalue weighted by Gasteiger charge is -2.65. The van der Waals surface area contributed by atoms with E-state index in [0.717, 1.165) is 12.7 Å². The minimum atomic E-state index is -1.77. The van der Waals surface area contributed by atoms with Crippen LogP contribution < -0.4 is 0 Å². The van der Waals surface area contributed by atoms with E-state index in [-0.39, 0.29) is 6.42 Å². The molecule has 4 saturated carbocycles. The maximum atomic E-state index is 13.8. The number of hydrogen-bond acceptors (Lipinski definition) is 7. The van der Waals surface area contributed by atoms with E-state index in [2.05, 4.69) is 6.58 Å². The first-order chi connectivity index (χ1) is 13.5. The van der Waals surface area contributed by atoms with E-state index in [4.69, 9.17) is 4.74 Å². The van der Waals surface area contributed by atoms with Gasteiger partial charge in [0.2, 0.25) is 0 Å². The molecule has 4 aliphatic carbocycles. The molecule has 0 aromatic carbocycles. The smallest absolute Gasteiger partial charge is 0.303 e. The molecular formula is C22H30O7. The molecule has 0 heterocycles. The van der Waals surface area contributed by atoms with Gasteiger partial charge in [-0.15, -0.1) is 0 Å². The summed E-state index contributed by atoms with van der Waals surface area (Å²) in [6.07, 6.45) is -2.27. The predicted molar refractivity (Wildman–Crippen MR) is 101 cm³/mol. The first-order valence-electron chi connectivity index (χ1n) is 10.4. The van der Waals surface area contributed by atoms with Crippen LogP contribution in [0.4, 0.5) is 0 Å². The van der Waals surface area contributed by atoms with Crippen molar-refractivity contribution in [3.05, 3.63) is 12.2 Å². The molecule has 7 nitrogen and oxygen atoms in total. The fourth-order valence-corrected chi connectivity index (χ4v) is 7.68. The van der Waals surface area contributed by atoms with E-state index in [9.17, 15) is 29.7 Å². The highest BCUT2D eigenvalue weighted by atomic mass is 16.5. The number of carbonyl (C=O) groups excluding carboxylic acids is 3. The quantitative estimate of drug-likeness (QED) is 0.352. The van der Waals surface area contributed by atoms with Gasteiger partial charge >= 0.3 is 5.97 Å². The van der Waals surface area contributed by atoms with E-state index in [1.165, 1.54) is 6.92 Å². The largest absolute Gasteiger partial charge is 0.457 e. The standard InChI is InChI=1S/C22H30O7/c1-10-12-8-13(25)15-21(9-23)7-5-6-20(3,4)16(21)14(26)18(28)22(15,17(12)27)19(10)29-11(2)24/h9,12-17,19,25-27H,1,5-8H2,2-4H3/t12-,13-,14-,15-,16+,17+,19-,21+,22-/m0/s1. The third-order valence-corrected chi connectivity index (χ3v) is 8.46. The zero-order valence-corrected chi connectivity index (χ0v) is 17.1. The first kappa shape index (κ1) is 20.7. The van der Waals surface area contributed by atoms with Gasteiger partial charge in [0.1, 0.15) is 23.9 Å². The van der Waals surface area contributed by atoms with Crippen LogP contribution in [0, 0.1) is 34.0 Å². The summed E-state index contributed by atoms with van der Waals surface area (Å²) in [5.74, 6) is -3.58. The van der Waals surface area contributed by atoms with E-state index in [0.29, 0.717) is 18.4 Å². The van der Waals surface area contributed by atoms with Crippen molar-refractivity contribution in [2.24, 2.45) is 34.0 Å². The number of aliphatic hydroxyl groups is 3. The van der Waals surface area contributed by atoms with Crippen molar-refractivity contribution in [2.75, 3.05) is 0 Å². The van der Waals surface area contributed by atoms with Crippen LogP contribution in [0.2, 0.25) is 0 Å². The second kappa shape index (κ2) is 6.22. The molecule has 0 unspecified atom stereocenters. The molecule has 29 heavy (non-hydrogen) atoms. The molecule has 160 valence electrons. The van der Waals surface area contributed by atoms with Gasteiger partial charge in [-0.25, -0.2) is 0 Å². The second-order valence-electron chi connectivity index (χ2n) is 10.2. The van der Waals surface area contributed by atoms with Crippen molar-refractivity contribution in [2.45, 2.75) is 70.9 Å². The van der Waals surface area contributed by atoms with Gasteiger partial charge in [0.25, 0.3) is 0 Å². The average Bonchev–Trinajstić information content (AvgIpc) is 2.75. The SMILES string of the molecule is C=C1[C@@H]2C[C@H](O)[C@H]3[C@]4(C=O)CCCC(C)(C)[C@H]4[C@H](O)C(=O)[C@]3([C@@H]2O)[C@H]1OC(C)=O. The van der Waals surface area contributed by atoms with Crippen molar-refractivity contribution in [3.8, 4) is 0 Å². The molecule has 0 saturated heterocycles. The van der Waals surface area contributed by atoms with Gasteiger partial charge in [-0.3, -0.25) is 9.59 Å². The highest BCUT2D eigenvalue weighted by molar-refractivity contribution is 5.95. The summed E-state index contributed by atoms with van der Waals surface area (Å²) in [7, 11) is 0. The van der Waals surface area contributed by atoms with Crippen LogP contribution >= 0.6 is 0 Å². The van der Waals surface area contributed by atoms with Crippen molar-refractivity contribution >= 4 is 18.0 Å². The minimum absolute atomic E-state index is 0.135. The summed E-state index contributed by atoms with van der Waals surface area (Å²) >= 11 is 0. The molecule has 1 spiro atoms. The maximum absolute atomic E-state index is 13.8. The zero-order chi connectivity index (χ0) is 21.5. The molecule has 0 radical (unpaired) electrons. The Bertz CT molecular complexity index is 788. The van der Waals surface area contributed by atoms with Crippen molar-refractivity contribution in [3.63, 3.8) is 0 Å². The molecule has 0 amide bonds. The molecule has 0 aromatic heterocycles. The maximum Gasteiger partial charge on any atom is 0.303 e. The Kier molecular flexibility index (Phi) is 4.44. The third-order valence-electron chi connectivity index (χ3n) is 8.46. The molecule has 0 aliphatic heterocycles. The number of rotatable bonds is 2. The lowest BCUT2D eigenvalue weighted by molar-refractivity contribution is -0.244. The summed E-state index contributed by atoms with van der Waals surface area (Å²) in [6, 6.07) is 0. The van der Waals surface area contributed by atoms with Crippen LogP contribution in [0.3, 0.4) is 0 Å². The normalized spacial score (nSPS) is 50.5. The van der Waals surface area contributed by atoms with Gasteiger partial charge in [-0.2, -0.15) is 0 Å². The van der Waals surface area contributed by atoms with E-state index < -0.39 is 70.2 Å². The first-order valence-corrected chi connectivity index (χ1v) is 10.4. The third kappa shape index (κ3) is 2.27. The summed E-state index contributed by atoms with van der Waals surface area (Å²) in [5.41, 5.74) is -3.12.